The molecule has 1 atom stereocenters. The van der Waals surface area contributed by atoms with E-state index in [0.717, 1.165) is 50.0 Å². The van der Waals surface area contributed by atoms with Gasteiger partial charge in [0.15, 0.2) is 5.82 Å². The highest BCUT2D eigenvalue weighted by atomic mass is 15.3. The molecule has 0 bridgehead atoms. The van der Waals surface area contributed by atoms with Crippen molar-refractivity contribution < 1.29 is 0 Å². The molecule has 94 valence electrons. The van der Waals surface area contributed by atoms with Crippen LogP contribution in [-0.4, -0.2) is 29.8 Å². The molecule has 0 aromatic carbocycles. The third-order valence-electron chi connectivity index (χ3n) is 3.19. The number of hydrogen-bond donors (Lipinski definition) is 1. The first-order chi connectivity index (χ1) is 8.29. The molecule has 1 saturated heterocycles. The normalized spacial score (nSPS) is 19.9. The van der Waals surface area contributed by atoms with Gasteiger partial charge in [-0.15, -0.1) is 5.10 Å². The zero-order valence-corrected chi connectivity index (χ0v) is 10.8. The lowest BCUT2D eigenvalue weighted by Gasteiger charge is -2.16. The van der Waals surface area contributed by atoms with Crippen molar-refractivity contribution in [2.45, 2.75) is 33.2 Å². The summed E-state index contributed by atoms with van der Waals surface area (Å²) in [7, 11) is 0. The van der Waals surface area contributed by atoms with E-state index < -0.39 is 0 Å². The van der Waals surface area contributed by atoms with Gasteiger partial charge in [-0.1, -0.05) is 13.8 Å². The number of rotatable bonds is 5. The minimum absolute atomic E-state index is 0.780. The number of aromatic nitrogens is 2. The van der Waals surface area contributed by atoms with Crippen LogP contribution in [0.1, 0.15) is 32.4 Å². The van der Waals surface area contributed by atoms with Gasteiger partial charge < -0.3 is 10.2 Å². The van der Waals surface area contributed by atoms with Crippen LogP contribution in [0.5, 0.6) is 0 Å². The Morgan fingerprint density at radius 2 is 2.29 bits per heavy atom. The summed E-state index contributed by atoms with van der Waals surface area (Å²) in [6.07, 6.45) is 2.42. The van der Waals surface area contributed by atoms with Crippen molar-refractivity contribution in [3.8, 4) is 0 Å². The van der Waals surface area contributed by atoms with Gasteiger partial charge in [-0.05, 0) is 37.4 Å². The van der Waals surface area contributed by atoms with Crippen LogP contribution in [-0.2, 0) is 6.54 Å². The highest BCUT2D eigenvalue weighted by Crippen LogP contribution is 2.20. The van der Waals surface area contributed by atoms with Crippen molar-refractivity contribution in [2.24, 2.45) is 5.92 Å². The van der Waals surface area contributed by atoms with Crippen LogP contribution in [0.15, 0.2) is 12.1 Å². The van der Waals surface area contributed by atoms with Crippen LogP contribution in [0.2, 0.25) is 0 Å². The predicted octanol–water partition coefficient (Wildman–Crippen LogP) is 1.82. The Kier molecular flexibility index (Phi) is 4.31. The van der Waals surface area contributed by atoms with Gasteiger partial charge in [0.1, 0.15) is 0 Å². The smallest absolute Gasteiger partial charge is 0.151 e. The third-order valence-corrected chi connectivity index (χ3v) is 3.19. The van der Waals surface area contributed by atoms with E-state index in [2.05, 4.69) is 46.4 Å². The van der Waals surface area contributed by atoms with Crippen molar-refractivity contribution in [3.05, 3.63) is 17.8 Å². The molecule has 1 aromatic heterocycles. The molecule has 1 unspecified atom stereocenters. The van der Waals surface area contributed by atoms with Crippen LogP contribution in [0, 0.1) is 5.92 Å². The quantitative estimate of drug-likeness (QED) is 0.789. The van der Waals surface area contributed by atoms with Gasteiger partial charge in [0, 0.05) is 19.6 Å². The van der Waals surface area contributed by atoms with Crippen molar-refractivity contribution in [1.29, 1.82) is 0 Å². The number of nitrogens with zero attached hydrogens (tertiary/aromatic N) is 3. The predicted molar refractivity (Wildman–Crippen MR) is 70.0 cm³/mol. The van der Waals surface area contributed by atoms with Gasteiger partial charge in [-0.2, -0.15) is 5.10 Å². The lowest BCUT2D eigenvalue weighted by Crippen LogP contribution is -2.21. The zero-order chi connectivity index (χ0) is 12.1. The summed E-state index contributed by atoms with van der Waals surface area (Å²) in [6.45, 7) is 8.53. The first-order valence-electron chi connectivity index (χ1n) is 6.58. The van der Waals surface area contributed by atoms with E-state index in [4.69, 9.17) is 0 Å². The van der Waals surface area contributed by atoms with Gasteiger partial charge in [-0.25, -0.2) is 0 Å². The molecule has 2 heterocycles. The number of nitrogens with one attached hydrogen (secondary N) is 1. The average molecular weight is 234 g/mol. The van der Waals surface area contributed by atoms with Gasteiger partial charge in [-0.3, -0.25) is 0 Å². The number of anilines is 1. The second-order valence-electron chi connectivity index (χ2n) is 4.90. The van der Waals surface area contributed by atoms with Crippen molar-refractivity contribution in [3.63, 3.8) is 0 Å². The SMILES string of the molecule is CCCNCc1ccc(N2CCC(C)C2)nn1. The van der Waals surface area contributed by atoms with E-state index in [9.17, 15) is 0 Å². The number of hydrogen-bond acceptors (Lipinski definition) is 4. The highest BCUT2D eigenvalue weighted by Gasteiger charge is 2.19. The molecule has 1 aliphatic rings. The van der Waals surface area contributed by atoms with Crippen molar-refractivity contribution in [2.75, 3.05) is 24.5 Å². The van der Waals surface area contributed by atoms with Crippen molar-refractivity contribution >= 4 is 5.82 Å². The van der Waals surface area contributed by atoms with E-state index in [1.54, 1.807) is 0 Å². The average Bonchev–Trinajstić information content (AvgIpc) is 2.77. The van der Waals surface area contributed by atoms with Gasteiger partial charge >= 0.3 is 0 Å². The van der Waals surface area contributed by atoms with Crippen LogP contribution >= 0.6 is 0 Å². The van der Waals surface area contributed by atoms with Crippen molar-refractivity contribution in [1.82, 2.24) is 15.5 Å². The Bertz CT molecular complexity index is 336. The molecule has 1 fully saturated rings. The summed E-state index contributed by atoms with van der Waals surface area (Å²) in [5.74, 6) is 1.80. The Balaban J connectivity index is 1.89. The fourth-order valence-electron chi connectivity index (χ4n) is 2.15. The highest BCUT2D eigenvalue weighted by molar-refractivity contribution is 5.38. The van der Waals surface area contributed by atoms with Gasteiger partial charge in [0.05, 0.1) is 5.69 Å². The molecule has 0 saturated carbocycles. The van der Waals surface area contributed by atoms with E-state index >= 15 is 0 Å². The summed E-state index contributed by atoms with van der Waals surface area (Å²) in [6, 6.07) is 4.17. The van der Waals surface area contributed by atoms with Gasteiger partial charge in [0.2, 0.25) is 0 Å². The second kappa shape index (κ2) is 5.96. The Morgan fingerprint density at radius 1 is 1.41 bits per heavy atom. The summed E-state index contributed by atoms with van der Waals surface area (Å²) < 4.78 is 0. The van der Waals surface area contributed by atoms with Gasteiger partial charge in [0.25, 0.3) is 0 Å². The fraction of sp³-hybridized carbons (Fsp3) is 0.692. The monoisotopic (exact) mass is 234 g/mol. The Hall–Kier alpha value is -1.16. The first kappa shape index (κ1) is 12.3. The largest absolute Gasteiger partial charge is 0.355 e. The maximum absolute atomic E-state index is 4.31. The molecule has 1 aromatic rings. The Labute approximate surface area is 103 Å². The Morgan fingerprint density at radius 3 is 2.88 bits per heavy atom. The first-order valence-corrected chi connectivity index (χ1v) is 6.58. The maximum atomic E-state index is 4.31. The molecule has 0 radical (unpaired) electrons. The molecular formula is C13H22N4. The molecule has 0 amide bonds. The fourth-order valence-corrected chi connectivity index (χ4v) is 2.15. The van der Waals surface area contributed by atoms with E-state index in [0.29, 0.717) is 0 Å². The molecule has 0 spiro atoms. The summed E-state index contributed by atoms with van der Waals surface area (Å²) in [4.78, 5) is 2.32. The zero-order valence-electron chi connectivity index (χ0n) is 10.8. The summed E-state index contributed by atoms with van der Waals surface area (Å²) >= 11 is 0. The van der Waals surface area contributed by atoms with E-state index in [-0.39, 0.29) is 0 Å². The maximum Gasteiger partial charge on any atom is 0.151 e. The lowest BCUT2D eigenvalue weighted by atomic mass is 10.2. The van der Waals surface area contributed by atoms with Crippen LogP contribution < -0.4 is 10.2 Å². The minimum Gasteiger partial charge on any atom is -0.355 e. The molecule has 2 rings (SSSR count). The second-order valence-corrected chi connectivity index (χ2v) is 4.90. The summed E-state index contributed by atoms with van der Waals surface area (Å²) in [5, 5.41) is 11.9. The topological polar surface area (TPSA) is 41.0 Å². The standard InChI is InChI=1S/C13H22N4/c1-3-7-14-9-12-4-5-13(16-15-12)17-8-6-11(2)10-17/h4-5,11,14H,3,6-10H2,1-2H3. The molecule has 17 heavy (non-hydrogen) atoms. The van der Waals surface area contributed by atoms with E-state index in [1.807, 2.05) is 0 Å². The summed E-state index contributed by atoms with van der Waals surface area (Å²) in [5.41, 5.74) is 1.02. The third kappa shape index (κ3) is 3.40. The van der Waals surface area contributed by atoms with Crippen LogP contribution in [0.4, 0.5) is 5.82 Å². The minimum atomic E-state index is 0.780. The molecule has 4 heteroatoms. The van der Waals surface area contributed by atoms with Crippen LogP contribution in [0.25, 0.3) is 0 Å². The molecule has 4 nitrogen and oxygen atoms in total. The van der Waals surface area contributed by atoms with E-state index in [1.165, 1.54) is 6.42 Å². The molecule has 1 aliphatic heterocycles. The van der Waals surface area contributed by atoms with Crippen LogP contribution in [0.3, 0.4) is 0 Å². The molecule has 0 aliphatic carbocycles. The molecule has 1 N–H and O–H groups in total. The molecular weight excluding hydrogens is 212 g/mol. The lowest BCUT2D eigenvalue weighted by molar-refractivity contribution is 0.652.